The van der Waals surface area contributed by atoms with Crippen LogP contribution in [0.1, 0.15) is 6.42 Å². The predicted molar refractivity (Wildman–Crippen MR) is 56.4 cm³/mol. The van der Waals surface area contributed by atoms with E-state index >= 15 is 0 Å². The lowest BCUT2D eigenvalue weighted by Gasteiger charge is -2.13. The Bertz CT molecular complexity index is 149. The molecule has 1 rings (SSSR count). The Morgan fingerprint density at radius 2 is 2.55 bits per heavy atom. The highest BCUT2D eigenvalue weighted by Gasteiger charge is 2.20. The van der Waals surface area contributed by atoms with Crippen molar-refractivity contribution >= 4 is 27.7 Å². The third-order valence-electron chi connectivity index (χ3n) is 1.96. The molecule has 0 amide bonds. The van der Waals surface area contributed by atoms with Gasteiger partial charge in [0.1, 0.15) is 0 Å². The zero-order valence-corrected chi connectivity index (χ0v) is 9.25. The molecule has 0 aliphatic carbocycles. The number of hydrogen-bond donors (Lipinski definition) is 0. The van der Waals surface area contributed by atoms with E-state index in [0.29, 0.717) is 0 Å². The molecule has 0 saturated carbocycles. The topological polar surface area (TPSA) is 3.24 Å². The zero-order valence-electron chi connectivity index (χ0n) is 6.85. The minimum absolute atomic E-state index is 0.849. The van der Waals surface area contributed by atoms with Gasteiger partial charge in [0.25, 0.3) is 0 Å². The Morgan fingerprint density at radius 3 is 3.00 bits per heavy atom. The first kappa shape index (κ1) is 9.62. The Balaban J connectivity index is 2.24. The second kappa shape index (κ2) is 4.53. The molecule has 1 nitrogen and oxygen atoms in total. The van der Waals surface area contributed by atoms with Crippen molar-refractivity contribution in [3.63, 3.8) is 0 Å². The number of halogens is 1. The van der Waals surface area contributed by atoms with Gasteiger partial charge in [0, 0.05) is 22.8 Å². The van der Waals surface area contributed by atoms with Crippen LogP contribution in [0.5, 0.6) is 0 Å². The number of thioether (sulfide) groups is 1. The SMILES string of the molecule is C=C(Br)CN1CCC(SC)C1. The monoisotopic (exact) mass is 235 g/mol. The van der Waals surface area contributed by atoms with Gasteiger partial charge in [0.15, 0.2) is 0 Å². The fourth-order valence-corrected chi connectivity index (χ4v) is 2.43. The largest absolute Gasteiger partial charge is 0.297 e. The first-order chi connectivity index (χ1) is 5.22. The normalized spacial score (nSPS) is 25.8. The van der Waals surface area contributed by atoms with Gasteiger partial charge in [0.2, 0.25) is 0 Å². The maximum absolute atomic E-state index is 3.84. The molecule has 3 heteroatoms. The summed E-state index contributed by atoms with van der Waals surface area (Å²) in [6, 6.07) is 0. The highest BCUT2D eigenvalue weighted by atomic mass is 79.9. The van der Waals surface area contributed by atoms with Crippen LogP contribution in [-0.4, -0.2) is 36.0 Å². The Hall–Kier alpha value is 0.530. The van der Waals surface area contributed by atoms with Crippen LogP contribution in [0.2, 0.25) is 0 Å². The summed E-state index contributed by atoms with van der Waals surface area (Å²) in [6.07, 6.45) is 3.53. The lowest BCUT2D eigenvalue weighted by atomic mass is 10.4. The maximum atomic E-state index is 3.84. The van der Waals surface area contributed by atoms with E-state index in [1.54, 1.807) is 0 Å². The van der Waals surface area contributed by atoms with Crippen LogP contribution in [0.15, 0.2) is 11.1 Å². The van der Waals surface area contributed by atoms with E-state index in [1.807, 2.05) is 11.8 Å². The number of nitrogens with zero attached hydrogens (tertiary/aromatic N) is 1. The summed E-state index contributed by atoms with van der Waals surface area (Å²) >= 11 is 5.36. The third kappa shape index (κ3) is 3.18. The summed E-state index contributed by atoms with van der Waals surface area (Å²) in [7, 11) is 0. The summed E-state index contributed by atoms with van der Waals surface area (Å²) in [5, 5.41) is 0.849. The molecule has 0 aromatic rings. The quantitative estimate of drug-likeness (QED) is 0.739. The molecule has 0 bridgehead atoms. The van der Waals surface area contributed by atoms with Crippen LogP contribution in [0.4, 0.5) is 0 Å². The minimum atomic E-state index is 0.849. The molecule has 1 saturated heterocycles. The summed E-state index contributed by atoms with van der Waals surface area (Å²) in [6.45, 7) is 7.31. The van der Waals surface area contributed by atoms with E-state index in [1.165, 1.54) is 19.5 Å². The van der Waals surface area contributed by atoms with Crippen molar-refractivity contribution < 1.29 is 0 Å². The second-order valence-electron chi connectivity index (χ2n) is 2.90. The zero-order chi connectivity index (χ0) is 8.27. The van der Waals surface area contributed by atoms with Gasteiger partial charge in [-0.05, 0) is 19.2 Å². The van der Waals surface area contributed by atoms with Gasteiger partial charge < -0.3 is 0 Å². The first-order valence-electron chi connectivity index (χ1n) is 3.81. The highest BCUT2D eigenvalue weighted by molar-refractivity contribution is 9.11. The van der Waals surface area contributed by atoms with E-state index in [2.05, 4.69) is 33.7 Å². The van der Waals surface area contributed by atoms with Crippen molar-refractivity contribution in [3.8, 4) is 0 Å². The molecule has 1 atom stereocenters. The van der Waals surface area contributed by atoms with Gasteiger partial charge >= 0.3 is 0 Å². The highest BCUT2D eigenvalue weighted by Crippen LogP contribution is 2.21. The van der Waals surface area contributed by atoms with E-state index in [4.69, 9.17) is 0 Å². The first-order valence-corrected chi connectivity index (χ1v) is 5.89. The average molecular weight is 236 g/mol. The van der Waals surface area contributed by atoms with Crippen LogP contribution in [-0.2, 0) is 0 Å². The molecule has 0 radical (unpaired) electrons. The summed E-state index contributed by atoms with van der Waals surface area (Å²) in [5.74, 6) is 0. The van der Waals surface area contributed by atoms with Crippen LogP contribution in [0, 0.1) is 0 Å². The van der Waals surface area contributed by atoms with E-state index in [0.717, 1.165) is 16.3 Å². The molecular weight excluding hydrogens is 222 g/mol. The van der Waals surface area contributed by atoms with E-state index in [-0.39, 0.29) is 0 Å². The number of hydrogen-bond acceptors (Lipinski definition) is 2. The molecule has 1 heterocycles. The summed E-state index contributed by atoms with van der Waals surface area (Å²) in [5.41, 5.74) is 0. The molecular formula is C8H14BrNS. The maximum Gasteiger partial charge on any atom is 0.0294 e. The van der Waals surface area contributed by atoms with Crippen LogP contribution < -0.4 is 0 Å². The summed E-state index contributed by atoms with van der Waals surface area (Å²) < 4.78 is 1.10. The van der Waals surface area contributed by atoms with Crippen LogP contribution >= 0.6 is 27.7 Å². The molecule has 11 heavy (non-hydrogen) atoms. The van der Waals surface area contributed by atoms with Gasteiger partial charge in [-0.25, -0.2) is 0 Å². The summed E-state index contributed by atoms with van der Waals surface area (Å²) in [4.78, 5) is 2.44. The second-order valence-corrected chi connectivity index (χ2v) is 5.16. The predicted octanol–water partition coefficient (Wildman–Crippen LogP) is 2.33. The van der Waals surface area contributed by atoms with E-state index < -0.39 is 0 Å². The lowest BCUT2D eigenvalue weighted by molar-refractivity contribution is 0.377. The molecule has 0 aromatic heterocycles. The molecule has 0 N–H and O–H groups in total. The van der Waals surface area contributed by atoms with Crippen molar-refractivity contribution in [3.05, 3.63) is 11.1 Å². The molecule has 1 fully saturated rings. The van der Waals surface area contributed by atoms with Crippen molar-refractivity contribution in [2.45, 2.75) is 11.7 Å². The third-order valence-corrected chi connectivity index (χ3v) is 3.26. The lowest BCUT2D eigenvalue weighted by Crippen LogP contribution is -2.22. The Morgan fingerprint density at radius 1 is 1.82 bits per heavy atom. The van der Waals surface area contributed by atoms with Gasteiger partial charge in [0.05, 0.1) is 0 Å². The van der Waals surface area contributed by atoms with Gasteiger partial charge in [-0.2, -0.15) is 11.8 Å². The molecule has 1 unspecified atom stereocenters. The molecule has 1 aliphatic heterocycles. The molecule has 64 valence electrons. The van der Waals surface area contributed by atoms with Gasteiger partial charge in [-0.15, -0.1) is 0 Å². The molecule has 1 aliphatic rings. The number of rotatable bonds is 3. The fraction of sp³-hybridized carbons (Fsp3) is 0.750. The van der Waals surface area contributed by atoms with Crippen LogP contribution in [0.3, 0.4) is 0 Å². The van der Waals surface area contributed by atoms with Gasteiger partial charge in [-0.3, -0.25) is 4.90 Å². The van der Waals surface area contributed by atoms with Crippen molar-refractivity contribution in [1.29, 1.82) is 0 Å². The van der Waals surface area contributed by atoms with Crippen molar-refractivity contribution in [2.75, 3.05) is 25.9 Å². The smallest absolute Gasteiger partial charge is 0.0294 e. The van der Waals surface area contributed by atoms with E-state index in [9.17, 15) is 0 Å². The van der Waals surface area contributed by atoms with Crippen LogP contribution in [0.25, 0.3) is 0 Å². The van der Waals surface area contributed by atoms with Crippen molar-refractivity contribution in [2.24, 2.45) is 0 Å². The van der Waals surface area contributed by atoms with Crippen molar-refractivity contribution in [1.82, 2.24) is 4.90 Å². The Kier molecular flexibility index (Phi) is 3.96. The fourth-order valence-electron chi connectivity index (χ4n) is 1.38. The minimum Gasteiger partial charge on any atom is -0.297 e. The average Bonchev–Trinajstić information content (AvgIpc) is 2.34. The standard InChI is InChI=1S/C8H14BrNS/c1-7(9)5-10-4-3-8(6-10)11-2/h8H,1,3-6H2,2H3. The Labute approximate surface area is 81.3 Å². The molecule has 0 spiro atoms. The van der Waals surface area contributed by atoms with Gasteiger partial charge in [-0.1, -0.05) is 22.5 Å². The molecule has 0 aromatic carbocycles. The number of likely N-dealkylation sites (tertiary alicyclic amines) is 1.